The molecule has 14 heteroatoms. The Morgan fingerprint density at radius 1 is 0.374 bits per heavy atom. The van der Waals surface area contributed by atoms with Gasteiger partial charge in [0.05, 0.1) is 32.0 Å². The number of aliphatic hydroxyl groups is 8. The third-order valence-electron chi connectivity index (χ3n) is 19.6. The van der Waals surface area contributed by atoms with Crippen molar-refractivity contribution < 1.29 is 64.6 Å². The largest absolute Gasteiger partial charge is 0.394 e. The van der Waals surface area contributed by atoms with E-state index in [4.69, 9.17) is 18.9 Å². The molecule has 2 rings (SSSR count). The van der Waals surface area contributed by atoms with Crippen LogP contribution in [0.3, 0.4) is 0 Å². The van der Waals surface area contributed by atoms with E-state index in [1.54, 1.807) is 0 Å². The number of hydrogen-bond donors (Lipinski definition) is 9. The molecule has 2 aliphatic rings. The van der Waals surface area contributed by atoms with Crippen molar-refractivity contribution in [2.75, 3.05) is 19.8 Å². The standard InChI is InChI=1S/C85H151NO13/c1-3-5-7-9-11-13-15-17-19-21-23-25-27-29-31-33-35-36-37-38-39-41-43-45-47-49-51-53-55-57-59-61-63-65-67-69-77(90)86-73(72-96-84-82(95)80(93)83(76(71-88)98-84)99-85-81(94)79(92)78(91)75(70-87)97-85)74(89)68-66-64-62-60-58-56-54-52-50-48-46-44-42-40-34-32-30-28-26-24-22-20-18-16-14-12-10-8-6-4-2/h5,7,11,13,17,19,23,25,29,31,35-36,38-39,43,45,73-76,78-85,87-89,91-95H,3-4,6,8-10,12,14-16,18,20-22,24,26-28,30,32-34,37,40-42,44,46-72H2,1-2H3,(H,86,90)/b7-5-,13-11-,19-17-,25-23-,31-29-,36-35-,39-38-,45-43-. The van der Waals surface area contributed by atoms with Crippen molar-refractivity contribution in [3.8, 4) is 0 Å². The summed E-state index contributed by atoms with van der Waals surface area (Å²) in [7, 11) is 0. The number of aliphatic hydroxyl groups excluding tert-OH is 8. The fourth-order valence-electron chi connectivity index (χ4n) is 13.1. The second-order valence-corrected chi connectivity index (χ2v) is 28.5. The summed E-state index contributed by atoms with van der Waals surface area (Å²) in [5.74, 6) is -0.210. The molecule has 0 saturated carbocycles. The summed E-state index contributed by atoms with van der Waals surface area (Å²) in [6.07, 6.45) is 80.1. The number of hydrogen-bond acceptors (Lipinski definition) is 13. The molecular weight excluding hydrogens is 1240 g/mol. The zero-order chi connectivity index (χ0) is 71.5. The van der Waals surface area contributed by atoms with E-state index >= 15 is 0 Å². The molecule has 9 N–H and O–H groups in total. The molecule has 1 amide bonds. The van der Waals surface area contributed by atoms with Gasteiger partial charge in [0.1, 0.15) is 48.8 Å². The molecule has 14 nitrogen and oxygen atoms in total. The quantitative estimate of drug-likeness (QED) is 0.0204. The monoisotopic (exact) mass is 1390 g/mol. The van der Waals surface area contributed by atoms with Gasteiger partial charge in [-0.3, -0.25) is 4.79 Å². The van der Waals surface area contributed by atoms with Gasteiger partial charge in [0.2, 0.25) is 5.91 Å². The molecular formula is C85H151NO13. The molecule has 0 spiro atoms. The maximum Gasteiger partial charge on any atom is 0.220 e. The highest BCUT2D eigenvalue weighted by Crippen LogP contribution is 2.30. The number of carbonyl (C=O) groups is 1. The summed E-state index contributed by atoms with van der Waals surface area (Å²) < 4.78 is 23.0. The van der Waals surface area contributed by atoms with E-state index in [9.17, 15) is 45.6 Å². The number of amides is 1. The van der Waals surface area contributed by atoms with Crippen LogP contribution in [0.1, 0.15) is 341 Å². The lowest BCUT2D eigenvalue weighted by Gasteiger charge is -2.46. The van der Waals surface area contributed by atoms with E-state index in [2.05, 4.69) is 116 Å². The highest BCUT2D eigenvalue weighted by atomic mass is 16.7. The Morgan fingerprint density at radius 2 is 0.697 bits per heavy atom. The van der Waals surface area contributed by atoms with Crippen molar-refractivity contribution in [2.45, 2.75) is 415 Å². The van der Waals surface area contributed by atoms with Gasteiger partial charge in [-0.15, -0.1) is 0 Å². The van der Waals surface area contributed by atoms with E-state index in [-0.39, 0.29) is 12.5 Å². The molecule has 0 aromatic carbocycles. The van der Waals surface area contributed by atoms with Crippen molar-refractivity contribution in [3.63, 3.8) is 0 Å². The van der Waals surface area contributed by atoms with Gasteiger partial charge in [-0.1, -0.05) is 355 Å². The first-order valence-electron chi connectivity index (χ1n) is 41.0. The van der Waals surface area contributed by atoms with Gasteiger partial charge < -0.3 is 65.1 Å². The molecule has 0 radical (unpaired) electrons. The molecule has 2 aliphatic heterocycles. The average molecular weight is 1400 g/mol. The average Bonchev–Trinajstić information content (AvgIpc) is 0.799. The Morgan fingerprint density at radius 3 is 1.07 bits per heavy atom. The van der Waals surface area contributed by atoms with E-state index in [1.165, 1.54) is 205 Å². The molecule has 0 aliphatic carbocycles. The number of rotatable bonds is 68. The Bertz CT molecular complexity index is 2040. The fraction of sp³-hybridized carbons (Fsp3) is 0.800. The summed E-state index contributed by atoms with van der Waals surface area (Å²) in [5.41, 5.74) is 0. The van der Waals surface area contributed by atoms with Crippen LogP contribution in [0.4, 0.5) is 0 Å². The van der Waals surface area contributed by atoms with Crippen molar-refractivity contribution in [2.24, 2.45) is 0 Å². The lowest BCUT2D eigenvalue weighted by Crippen LogP contribution is -2.65. The Labute approximate surface area is 604 Å². The second-order valence-electron chi connectivity index (χ2n) is 28.5. The van der Waals surface area contributed by atoms with Gasteiger partial charge in [-0.25, -0.2) is 0 Å². The van der Waals surface area contributed by atoms with Crippen LogP contribution in [0.15, 0.2) is 97.2 Å². The Hall–Kier alpha value is -3.09. The molecule has 0 aromatic heterocycles. The first-order valence-corrected chi connectivity index (χ1v) is 41.0. The number of ether oxygens (including phenoxy) is 4. The number of carbonyl (C=O) groups excluding carboxylic acids is 1. The van der Waals surface area contributed by atoms with E-state index in [0.717, 1.165) is 103 Å². The first-order chi connectivity index (χ1) is 48.6. The minimum Gasteiger partial charge on any atom is -0.394 e. The maximum atomic E-state index is 13.4. The predicted molar refractivity (Wildman–Crippen MR) is 410 cm³/mol. The van der Waals surface area contributed by atoms with Crippen LogP contribution >= 0.6 is 0 Å². The number of nitrogens with one attached hydrogen (secondary N) is 1. The minimum atomic E-state index is -1.79. The Balaban J connectivity index is 1.62. The normalized spacial score (nSPS) is 22.4. The van der Waals surface area contributed by atoms with Gasteiger partial charge >= 0.3 is 0 Å². The van der Waals surface area contributed by atoms with E-state index in [1.807, 2.05) is 0 Å². The summed E-state index contributed by atoms with van der Waals surface area (Å²) in [6, 6.07) is -0.840. The lowest BCUT2D eigenvalue weighted by atomic mass is 9.97. The van der Waals surface area contributed by atoms with Crippen molar-refractivity contribution >= 4 is 5.91 Å². The first kappa shape index (κ1) is 92.0. The van der Waals surface area contributed by atoms with Crippen LogP contribution in [0.25, 0.3) is 0 Å². The lowest BCUT2D eigenvalue weighted by molar-refractivity contribution is -0.359. The minimum absolute atomic E-state index is 0.210. The van der Waals surface area contributed by atoms with Crippen LogP contribution in [-0.4, -0.2) is 140 Å². The van der Waals surface area contributed by atoms with Crippen LogP contribution in [-0.2, 0) is 23.7 Å². The Kier molecular flexibility index (Phi) is 63.2. The van der Waals surface area contributed by atoms with Crippen LogP contribution in [0, 0.1) is 0 Å². The van der Waals surface area contributed by atoms with Crippen molar-refractivity contribution in [1.29, 1.82) is 0 Å². The summed E-state index contributed by atoms with van der Waals surface area (Å²) in [6.45, 7) is 2.79. The van der Waals surface area contributed by atoms with Crippen molar-refractivity contribution in [1.82, 2.24) is 5.32 Å². The number of allylic oxidation sites excluding steroid dienone is 16. The summed E-state index contributed by atoms with van der Waals surface area (Å²) >= 11 is 0. The molecule has 2 heterocycles. The van der Waals surface area contributed by atoms with Crippen LogP contribution in [0.2, 0.25) is 0 Å². The predicted octanol–water partition coefficient (Wildman–Crippen LogP) is 18.9. The summed E-state index contributed by atoms with van der Waals surface area (Å²) in [5, 5.41) is 87.9. The van der Waals surface area contributed by atoms with Crippen LogP contribution < -0.4 is 5.32 Å². The fourth-order valence-corrected chi connectivity index (χ4v) is 13.1. The zero-order valence-electron chi connectivity index (χ0n) is 63.0. The molecule has 574 valence electrons. The molecule has 0 bridgehead atoms. The molecule has 2 fully saturated rings. The van der Waals surface area contributed by atoms with Crippen LogP contribution in [0.5, 0.6) is 0 Å². The smallest absolute Gasteiger partial charge is 0.220 e. The molecule has 99 heavy (non-hydrogen) atoms. The molecule has 12 atom stereocenters. The third-order valence-corrected chi connectivity index (χ3v) is 19.6. The summed E-state index contributed by atoms with van der Waals surface area (Å²) in [4.78, 5) is 13.4. The van der Waals surface area contributed by atoms with E-state index < -0.39 is 86.8 Å². The van der Waals surface area contributed by atoms with Gasteiger partial charge in [0.25, 0.3) is 0 Å². The highest BCUT2D eigenvalue weighted by Gasteiger charge is 2.51. The van der Waals surface area contributed by atoms with Gasteiger partial charge in [-0.2, -0.15) is 0 Å². The van der Waals surface area contributed by atoms with E-state index in [0.29, 0.717) is 19.3 Å². The van der Waals surface area contributed by atoms with Gasteiger partial charge in [0, 0.05) is 6.42 Å². The van der Waals surface area contributed by atoms with Crippen molar-refractivity contribution in [3.05, 3.63) is 97.2 Å². The highest BCUT2D eigenvalue weighted by molar-refractivity contribution is 5.76. The molecule has 0 aromatic rings. The molecule has 2 saturated heterocycles. The zero-order valence-corrected chi connectivity index (χ0v) is 63.0. The van der Waals surface area contributed by atoms with Gasteiger partial charge in [0.15, 0.2) is 12.6 Å². The maximum absolute atomic E-state index is 13.4. The SMILES string of the molecule is CC/C=C\C/C=C\C/C=C\C/C=C\C/C=C\C/C=C\C/C=C\C/C=C\CCCCCCCCCCCCC(=O)NC(COC1OC(CO)C(OC2OC(CO)C(O)C(O)C2O)C(O)C1O)C(O)CCCCCCCCCCCCCCCCCCCCCCCCCCCCCCCC. The third kappa shape index (κ3) is 50.9. The molecule has 12 unspecified atom stereocenters. The topological polar surface area (TPSA) is 228 Å². The number of unbranched alkanes of at least 4 members (excludes halogenated alkanes) is 39. The second kappa shape index (κ2) is 68.0. The van der Waals surface area contributed by atoms with Gasteiger partial charge in [-0.05, 0) is 77.0 Å².